The molecule has 2 atom stereocenters. The molecule has 0 aliphatic carbocycles. The second-order valence-electron chi connectivity index (χ2n) is 5.53. The van der Waals surface area contributed by atoms with Crippen molar-refractivity contribution in [2.75, 3.05) is 6.54 Å². The van der Waals surface area contributed by atoms with E-state index >= 15 is 0 Å². The predicted molar refractivity (Wildman–Crippen MR) is 76.6 cm³/mol. The summed E-state index contributed by atoms with van der Waals surface area (Å²) in [6.45, 7) is 1.87. The molecule has 0 amide bonds. The fourth-order valence-electron chi connectivity index (χ4n) is 2.81. The highest BCUT2D eigenvalue weighted by Crippen LogP contribution is 2.36. The molecule has 1 fully saturated rings. The van der Waals surface area contributed by atoms with Crippen LogP contribution in [0.1, 0.15) is 31.7 Å². The molecule has 0 unspecified atom stereocenters. The molecule has 1 aliphatic heterocycles. The molecule has 4 nitrogen and oxygen atoms in total. The van der Waals surface area contributed by atoms with Gasteiger partial charge in [0.25, 0.3) is 0 Å². The predicted octanol–water partition coefficient (Wildman–Crippen LogP) is 2.60. The summed E-state index contributed by atoms with van der Waals surface area (Å²) in [5.41, 5.74) is 4.69. The number of nitrogens with two attached hydrogens (primary N) is 1. The number of piperidine rings is 1. The Bertz CT molecular complexity index is 629. The highest BCUT2D eigenvalue weighted by atomic mass is 32.2. The average molecular weight is 336 g/mol. The van der Waals surface area contributed by atoms with Gasteiger partial charge in [-0.15, -0.1) is 0 Å². The zero-order valence-electron chi connectivity index (χ0n) is 12.2. The molecule has 0 saturated carbocycles. The van der Waals surface area contributed by atoms with Gasteiger partial charge in [-0.25, -0.2) is 8.42 Å². The number of sulfonamides is 1. The number of rotatable bonds is 3. The first-order valence-corrected chi connectivity index (χ1v) is 8.53. The fraction of sp³-hybridized carbons (Fsp3) is 0.571. The molecule has 1 aromatic carbocycles. The number of hydrogen-bond donors (Lipinski definition) is 1. The lowest BCUT2D eigenvalue weighted by Crippen LogP contribution is -2.51. The third-order valence-electron chi connectivity index (χ3n) is 3.88. The largest absolute Gasteiger partial charge is 0.417 e. The van der Waals surface area contributed by atoms with Crippen LogP contribution in [0.5, 0.6) is 0 Å². The van der Waals surface area contributed by atoms with Gasteiger partial charge in [-0.2, -0.15) is 17.5 Å². The van der Waals surface area contributed by atoms with Gasteiger partial charge in [-0.3, -0.25) is 0 Å². The van der Waals surface area contributed by atoms with E-state index in [2.05, 4.69) is 0 Å². The maximum Gasteiger partial charge on any atom is 0.417 e. The molecule has 1 saturated heterocycles. The Kier molecular flexibility index (Phi) is 4.84. The highest BCUT2D eigenvalue weighted by molar-refractivity contribution is 7.89. The van der Waals surface area contributed by atoms with E-state index in [1.54, 1.807) is 6.92 Å². The van der Waals surface area contributed by atoms with Crippen molar-refractivity contribution >= 4 is 10.0 Å². The van der Waals surface area contributed by atoms with E-state index in [1.807, 2.05) is 0 Å². The Morgan fingerprint density at radius 2 is 1.91 bits per heavy atom. The minimum absolute atomic E-state index is 0.195. The van der Waals surface area contributed by atoms with Crippen LogP contribution >= 0.6 is 0 Å². The van der Waals surface area contributed by atoms with Gasteiger partial charge < -0.3 is 5.73 Å². The Morgan fingerprint density at radius 1 is 1.27 bits per heavy atom. The van der Waals surface area contributed by atoms with E-state index in [1.165, 1.54) is 12.1 Å². The van der Waals surface area contributed by atoms with E-state index in [-0.39, 0.29) is 6.54 Å². The van der Waals surface area contributed by atoms with Crippen LogP contribution in [-0.4, -0.2) is 31.4 Å². The minimum Gasteiger partial charge on any atom is -0.326 e. The number of alkyl halides is 3. The van der Waals surface area contributed by atoms with Gasteiger partial charge in [-0.05, 0) is 31.9 Å². The van der Waals surface area contributed by atoms with Crippen molar-refractivity contribution in [2.45, 2.75) is 49.3 Å². The monoisotopic (exact) mass is 336 g/mol. The van der Waals surface area contributed by atoms with Crippen molar-refractivity contribution in [3.63, 3.8) is 0 Å². The lowest BCUT2D eigenvalue weighted by molar-refractivity contribution is -0.139. The first kappa shape index (κ1) is 17.2. The molecule has 22 heavy (non-hydrogen) atoms. The lowest BCUT2D eigenvalue weighted by Gasteiger charge is -2.37. The Hall–Kier alpha value is -1.12. The molecule has 0 radical (unpaired) electrons. The summed E-state index contributed by atoms with van der Waals surface area (Å²) in [5, 5.41) is 0. The maximum absolute atomic E-state index is 13.1. The summed E-state index contributed by atoms with van der Waals surface area (Å²) in [5.74, 6) is 0. The molecular weight excluding hydrogens is 317 g/mol. The third-order valence-corrected chi connectivity index (χ3v) is 5.87. The maximum atomic E-state index is 13.1. The van der Waals surface area contributed by atoms with Gasteiger partial charge in [0.1, 0.15) is 0 Å². The molecule has 124 valence electrons. The van der Waals surface area contributed by atoms with Crippen LogP contribution in [-0.2, 0) is 16.2 Å². The van der Waals surface area contributed by atoms with Gasteiger partial charge in [0.2, 0.25) is 10.0 Å². The summed E-state index contributed by atoms with van der Waals surface area (Å²) in [4.78, 5) is -0.699. The van der Waals surface area contributed by atoms with Crippen LogP contribution < -0.4 is 5.73 Å². The topological polar surface area (TPSA) is 63.4 Å². The lowest BCUT2D eigenvalue weighted by atomic mass is 10.00. The number of nitrogens with zero attached hydrogens (tertiary/aromatic N) is 1. The van der Waals surface area contributed by atoms with Crippen molar-refractivity contribution in [2.24, 2.45) is 5.73 Å². The summed E-state index contributed by atoms with van der Waals surface area (Å²) in [6.07, 6.45) is -2.72. The molecule has 0 spiro atoms. The first-order chi connectivity index (χ1) is 10.2. The molecular formula is C14H19F3N2O2S. The molecule has 8 heteroatoms. The van der Waals surface area contributed by atoms with Gasteiger partial charge in [0, 0.05) is 18.6 Å². The molecule has 2 N–H and O–H groups in total. The normalized spacial score (nSPS) is 22.5. The zero-order chi connectivity index (χ0) is 16.5. The zero-order valence-corrected chi connectivity index (χ0v) is 13.0. The first-order valence-electron chi connectivity index (χ1n) is 7.09. The number of halogens is 3. The van der Waals surface area contributed by atoms with Crippen molar-refractivity contribution in [3.05, 3.63) is 29.8 Å². The van der Waals surface area contributed by atoms with Gasteiger partial charge in [0.05, 0.1) is 10.5 Å². The van der Waals surface area contributed by atoms with Crippen LogP contribution in [0.15, 0.2) is 29.2 Å². The molecule has 1 aliphatic rings. The van der Waals surface area contributed by atoms with Crippen molar-refractivity contribution in [1.29, 1.82) is 0 Å². The van der Waals surface area contributed by atoms with Gasteiger partial charge in [-0.1, -0.05) is 18.6 Å². The van der Waals surface area contributed by atoms with Crippen LogP contribution in [0.2, 0.25) is 0 Å². The minimum atomic E-state index is -4.72. The standard InChI is InChI=1S/C14H19F3N2O2S/c1-10(18)12-7-4-5-9-19(12)22(20,21)13-8-3-2-6-11(13)14(15,16)17/h2-3,6,8,10,12H,4-5,7,9,18H2,1H3/t10-,12+/m1/s1. The number of hydrogen-bond acceptors (Lipinski definition) is 3. The Labute approximate surface area is 128 Å². The summed E-state index contributed by atoms with van der Waals surface area (Å²) in [7, 11) is -4.24. The van der Waals surface area contributed by atoms with E-state index in [0.29, 0.717) is 12.8 Å². The summed E-state index contributed by atoms with van der Waals surface area (Å²) < 4.78 is 65.9. The quantitative estimate of drug-likeness (QED) is 0.923. The van der Waals surface area contributed by atoms with E-state index in [9.17, 15) is 21.6 Å². The smallest absolute Gasteiger partial charge is 0.326 e. The van der Waals surface area contributed by atoms with Gasteiger partial charge in [0.15, 0.2) is 0 Å². The molecule has 0 bridgehead atoms. The van der Waals surface area contributed by atoms with E-state index < -0.39 is 38.7 Å². The SMILES string of the molecule is C[C@@H](N)[C@@H]1CCCCN1S(=O)(=O)c1ccccc1C(F)(F)F. The summed E-state index contributed by atoms with van der Waals surface area (Å²) >= 11 is 0. The molecule has 2 rings (SSSR count). The van der Waals surface area contributed by atoms with Crippen LogP contribution in [0, 0.1) is 0 Å². The number of benzene rings is 1. The second kappa shape index (κ2) is 6.17. The van der Waals surface area contributed by atoms with E-state index in [0.717, 1.165) is 22.9 Å². The molecule has 1 aromatic rings. The van der Waals surface area contributed by atoms with Crippen molar-refractivity contribution in [1.82, 2.24) is 4.31 Å². The summed E-state index contributed by atoms with van der Waals surface area (Å²) in [6, 6.07) is 3.37. The van der Waals surface area contributed by atoms with Crippen LogP contribution in [0.4, 0.5) is 13.2 Å². The fourth-order valence-corrected chi connectivity index (χ4v) is 4.79. The molecule has 0 aromatic heterocycles. The average Bonchev–Trinajstić information content (AvgIpc) is 2.46. The Morgan fingerprint density at radius 3 is 2.50 bits per heavy atom. The van der Waals surface area contributed by atoms with Crippen LogP contribution in [0.25, 0.3) is 0 Å². The molecule has 1 heterocycles. The Balaban J connectivity index is 2.51. The second-order valence-corrected chi connectivity index (χ2v) is 7.39. The highest BCUT2D eigenvalue weighted by Gasteiger charge is 2.41. The van der Waals surface area contributed by atoms with Gasteiger partial charge >= 0.3 is 6.18 Å². The van der Waals surface area contributed by atoms with E-state index in [4.69, 9.17) is 5.73 Å². The van der Waals surface area contributed by atoms with Crippen molar-refractivity contribution < 1.29 is 21.6 Å². The van der Waals surface area contributed by atoms with Crippen LogP contribution in [0.3, 0.4) is 0 Å². The van der Waals surface area contributed by atoms with Crippen molar-refractivity contribution in [3.8, 4) is 0 Å². The third kappa shape index (κ3) is 3.28.